The van der Waals surface area contributed by atoms with E-state index in [1.807, 2.05) is 0 Å². The van der Waals surface area contributed by atoms with Crippen LogP contribution in [0.5, 0.6) is 0 Å². The number of amides is 1. The number of carboxylic acid groups (broad SMARTS) is 1. The number of halogens is 2. The third-order valence-electron chi connectivity index (χ3n) is 2.29. The normalized spacial score (nSPS) is 12.0. The van der Waals surface area contributed by atoms with Gasteiger partial charge in [0.05, 0.1) is 4.47 Å². The van der Waals surface area contributed by atoms with Crippen molar-refractivity contribution < 1.29 is 19.1 Å². The predicted molar refractivity (Wildman–Crippen MR) is 64.3 cm³/mol. The lowest BCUT2D eigenvalue weighted by atomic mass is 10.1. The van der Waals surface area contributed by atoms with Crippen molar-refractivity contribution in [2.24, 2.45) is 5.92 Å². The van der Waals surface area contributed by atoms with E-state index < -0.39 is 23.6 Å². The number of carbonyl (C=O) groups is 2. The molecule has 0 aliphatic carbocycles. The standard InChI is InChI=1S/C11H11BrFNO3/c1-5-3-7(12)8(13)4-9(5)14-10(15)6(2)11(16)17/h3-4,6H,1-2H3,(H,14,15)(H,16,17). The first-order valence-electron chi connectivity index (χ1n) is 4.82. The van der Waals surface area contributed by atoms with E-state index in [1.165, 1.54) is 13.0 Å². The highest BCUT2D eigenvalue weighted by molar-refractivity contribution is 9.10. The largest absolute Gasteiger partial charge is 0.481 e. The van der Waals surface area contributed by atoms with Crippen molar-refractivity contribution in [3.8, 4) is 0 Å². The SMILES string of the molecule is Cc1cc(Br)c(F)cc1NC(=O)C(C)C(=O)O. The third-order valence-corrected chi connectivity index (χ3v) is 2.90. The second kappa shape index (κ2) is 5.27. The van der Waals surface area contributed by atoms with Crippen LogP contribution in [0.2, 0.25) is 0 Å². The van der Waals surface area contributed by atoms with Gasteiger partial charge in [0.25, 0.3) is 0 Å². The summed E-state index contributed by atoms with van der Waals surface area (Å²) in [6, 6.07) is 2.66. The van der Waals surface area contributed by atoms with Gasteiger partial charge in [-0.15, -0.1) is 0 Å². The Bertz CT molecular complexity index is 476. The van der Waals surface area contributed by atoms with Crippen LogP contribution >= 0.6 is 15.9 Å². The topological polar surface area (TPSA) is 66.4 Å². The molecule has 1 amide bonds. The summed E-state index contributed by atoms with van der Waals surface area (Å²) in [5.41, 5.74) is 0.910. The number of hydrogen-bond donors (Lipinski definition) is 2. The van der Waals surface area contributed by atoms with Crippen LogP contribution in [0, 0.1) is 18.7 Å². The van der Waals surface area contributed by atoms with E-state index in [2.05, 4.69) is 21.2 Å². The number of aryl methyl sites for hydroxylation is 1. The molecule has 2 N–H and O–H groups in total. The van der Waals surface area contributed by atoms with Crippen LogP contribution < -0.4 is 5.32 Å². The van der Waals surface area contributed by atoms with Crippen molar-refractivity contribution in [1.82, 2.24) is 0 Å². The minimum Gasteiger partial charge on any atom is -0.481 e. The van der Waals surface area contributed by atoms with Crippen LogP contribution in [0.25, 0.3) is 0 Å². The van der Waals surface area contributed by atoms with Gasteiger partial charge >= 0.3 is 5.97 Å². The summed E-state index contributed by atoms with van der Waals surface area (Å²) in [5, 5.41) is 11.0. The first-order valence-corrected chi connectivity index (χ1v) is 5.61. The van der Waals surface area contributed by atoms with E-state index in [-0.39, 0.29) is 5.69 Å². The van der Waals surface area contributed by atoms with Crippen LogP contribution in [-0.4, -0.2) is 17.0 Å². The number of aliphatic carboxylic acids is 1. The summed E-state index contributed by atoms with van der Waals surface area (Å²) in [6.07, 6.45) is 0. The number of hydrogen-bond acceptors (Lipinski definition) is 2. The van der Waals surface area contributed by atoms with Gasteiger partial charge < -0.3 is 10.4 Å². The van der Waals surface area contributed by atoms with Crippen LogP contribution in [0.15, 0.2) is 16.6 Å². The molecule has 0 fully saturated rings. The fourth-order valence-corrected chi connectivity index (χ4v) is 1.59. The van der Waals surface area contributed by atoms with Gasteiger partial charge in [-0.2, -0.15) is 0 Å². The summed E-state index contributed by atoms with van der Waals surface area (Å²) in [4.78, 5) is 22.1. The van der Waals surface area contributed by atoms with Crippen LogP contribution in [0.4, 0.5) is 10.1 Å². The van der Waals surface area contributed by atoms with Crippen molar-refractivity contribution in [2.75, 3.05) is 5.32 Å². The molecule has 0 aromatic heterocycles. The van der Waals surface area contributed by atoms with Gasteiger partial charge in [0.15, 0.2) is 0 Å². The Morgan fingerprint density at radius 2 is 2.06 bits per heavy atom. The lowest BCUT2D eigenvalue weighted by Crippen LogP contribution is -2.27. The van der Waals surface area contributed by atoms with Crippen LogP contribution in [0.3, 0.4) is 0 Å². The molecule has 1 atom stereocenters. The number of carbonyl (C=O) groups excluding carboxylic acids is 1. The van der Waals surface area contributed by atoms with Crippen molar-refractivity contribution in [1.29, 1.82) is 0 Å². The zero-order valence-electron chi connectivity index (χ0n) is 9.25. The predicted octanol–water partition coefficient (Wildman–Crippen LogP) is 2.56. The average Bonchev–Trinajstić information content (AvgIpc) is 2.24. The molecule has 1 aromatic rings. The van der Waals surface area contributed by atoms with E-state index in [4.69, 9.17) is 5.11 Å². The lowest BCUT2D eigenvalue weighted by molar-refractivity contribution is -0.144. The minimum absolute atomic E-state index is 0.267. The first-order chi connectivity index (χ1) is 7.82. The summed E-state index contributed by atoms with van der Waals surface area (Å²) in [7, 11) is 0. The Morgan fingerprint density at radius 3 is 2.59 bits per heavy atom. The Kier molecular flexibility index (Phi) is 4.22. The zero-order valence-corrected chi connectivity index (χ0v) is 10.8. The third kappa shape index (κ3) is 3.26. The van der Waals surface area contributed by atoms with Gasteiger partial charge in [-0.3, -0.25) is 9.59 Å². The highest BCUT2D eigenvalue weighted by atomic mass is 79.9. The molecule has 92 valence electrons. The second-order valence-electron chi connectivity index (χ2n) is 3.63. The molecule has 0 radical (unpaired) electrons. The molecule has 0 heterocycles. The van der Waals surface area contributed by atoms with Gasteiger partial charge in [0.1, 0.15) is 11.7 Å². The molecule has 0 aliphatic heterocycles. The highest BCUT2D eigenvalue weighted by Gasteiger charge is 2.21. The van der Waals surface area contributed by atoms with Gasteiger partial charge in [0, 0.05) is 5.69 Å². The van der Waals surface area contributed by atoms with Gasteiger partial charge in [0.2, 0.25) is 5.91 Å². The van der Waals surface area contributed by atoms with Crippen molar-refractivity contribution >= 4 is 33.5 Å². The maximum atomic E-state index is 13.3. The Hall–Kier alpha value is -1.43. The number of benzene rings is 1. The van der Waals surface area contributed by atoms with E-state index in [1.54, 1.807) is 6.92 Å². The summed E-state index contributed by atoms with van der Waals surface area (Å²) >= 11 is 3.02. The average molecular weight is 304 g/mol. The molecule has 1 unspecified atom stereocenters. The number of rotatable bonds is 3. The number of carboxylic acids is 1. The Balaban J connectivity index is 2.93. The molecule has 0 saturated carbocycles. The number of anilines is 1. The molecule has 0 bridgehead atoms. The fourth-order valence-electron chi connectivity index (χ4n) is 1.13. The van der Waals surface area contributed by atoms with Gasteiger partial charge in [-0.25, -0.2) is 4.39 Å². The molecule has 17 heavy (non-hydrogen) atoms. The molecule has 4 nitrogen and oxygen atoms in total. The van der Waals surface area contributed by atoms with Gasteiger partial charge in [-0.05, 0) is 47.5 Å². The molecule has 1 aromatic carbocycles. The van der Waals surface area contributed by atoms with E-state index >= 15 is 0 Å². The summed E-state index contributed by atoms with van der Waals surface area (Å²) in [6.45, 7) is 2.95. The molecule has 0 spiro atoms. The lowest BCUT2D eigenvalue weighted by Gasteiger charge is -2.11. The number of nitrogens with one attached hydrogen (secondary N) is 1. The second-order valence-corrected chi connectivity index (χ2v) is 4.48. The molecule has 1 rings (SSSR count). The van der Waals surface area contributed by atoms with E-state index in [0.717, 1.165) is 6.07 Å². The Morgan fingerprint density at radius 1 is 1.47 bits per heavy atom. The van der Waals surface area contributed by atoms with Crippen molar-refractivity contribution in [2.45, 2.75) is 13.8 Å². The minimum atomic E-state index is -1.22. The van der Waals surface area contributed by atoms with E-state index in [9.17, 15) is 14.0 Å². The fraction of sp³-hybridized carbons (Fsp3) is 0.273. The van der Waals surface area contributed by atoms with E-state index in [0.29, 0.717) is 10.0 Å². The maximum Gasteiger partial charge on any atom is 0.315 e. The molecule has 6 heteroatoms. The highest BCUT2D eigenvalue weighted by Crippen LogP contribution is 2.24. The Labute approximate surface area is 106 Å². The first kappa shape index (κ1) is 13.6. The molecular formula is C11H11BrFNO3. The molecule has 0 saturated heterocycles. The molecule has 0 aliphatic rings. The van der Waals surface area contributed by atoms with Crippen LogP contribution in [0.1, 0.15) is 12.5 Å². The maximum absolute atomic E-state index is 13.3. The van der Waals surface area contributed by atoms with Crippen molar-refractivity contribution in [3.63, 3.8) is 0 Å². The summed E-state index contributed by atoms with van der Waals surface area (Å²) in [5.74, 6) is -3.60. The molecular weight excluding hydrogens is 293 g/mol. The smallest absolute Gasteiger partial charge is 0.315 e. The van der Waals surface area contributed by atoms with Crippen LogP contribution in [-0.2, 0) is 9.59 Å². The van der Waals surface area contributed by atoms with Gasteiger partial charge in [-0.1, -0.05) is 0 Å². The quantitative estimate of drug-likeness (QED) is 0.843. The zero-order chi connectivity index (χ0) is 13.2. The monoisotopic (exact) mass is 303 g/mol. The van der Waals surface area contributed by atoms with Crippen molar-refractivity contribution in [3.05, 3.63) is 28.0 Å². The summed E-state index contributed by atoms with van der Waals surface area (Å²) < 4.78 is 13.5.